The van der Waals surface area contributed by atoms with E-state index < -0.39 is 23.3 Å². The van der Waals surface area contributed by atoms with Crippen LogP contribution in [0.2, 0.25) is 0 Å². The van der Waals surface area contributed by atoms with Gasteiger partial charge in [0.1, 0.15) is 40.5 Å². The minimum Gasteiger partial charge on any atom is -0.508 e. The van der Waals surface area contributed by atoms with Crippen molar-refractivity contribution >= 4 is 87.0 Å². The van der Waals surface area contributed by atoms with Crippen LogP contribution >= 0.6 is 11.8 Å². The summed E-state index contributed by atoms with van der Waals surface area (Å²) in [7, 11) is 3.20. The van der Waals surface area contributed by atoms with Crippen molar-refractivity contribution in [3.8, 4) is 62.3 Å². The fourth-order valence-corrected chi connectivity index (χ4v) is 17.2. The number of aromatic nitrogens is 8. The summed E-state index contributed by atoms with van der Waals surface area (Å²) in [5, 5.41) is 18.6. The number of carbonyl (C=O) groups is 4. The molecule has 0 saturated carbocycles. The number of phenolic OH excluding ortho intramolecular Hbond substituents is 1. The molecule has 23 nitrogen and oxygen atoms in total. The minimum absolute atomic E-state index is 0. The number of halogens is 4. The van der Waals surface area contributed by atoms with Crippen LogP contribution in [0.15, 0.2) is 292 Å². The van der Waals surface area contributed by atoms with Gasteiger partial charge in [0.05, 0.1) is 59.2 Å². The average Bonchev–Trinajstić information content (AvgIpc) is 0.779. The molecule has 15 aromatic rings. The number of nitrogens with one attached hydrogen (secondary N) is 2. The molecule has 2 aliphatic rings. The van der Waals surface area contributed by atoms with Crippen molar-refractivity contribution in [2.24, 2.45) is 0 Å². The third-order valence-electron chi connectivity index (χ3n) is 23.5. The molecule has 17 rings (SSSR count). The van der Waals surface area contributed by atoms with Crippen molar-refractivity contribution in [1.82, 2.24) is 49.7 Å². The Morgan fingerprint density at radius 2 is 0.827 bits per heavy atom. The standard InChI is InChI=1S/C33H31FN4O2.C28H27FN4O.C25H27FN4O2S.C25H27FN4O2.3H2/c1-22(2)38(21-23-10-8-14-26(18-23)40-3)32(39)29-20-36-33(37-31(29)28-16-6-7-17-30(28)34)35-19-25-13-9-12-24-11-4-5-15-27(24)25;1-19(2)33(18-21-9-5-4-6-10-21)27(34)24-17-30-28(31-22-15-13-20(3)14-16-22)32-26(24)23-11-7-8-12-25(23)29;1-17(2)30(18-7-6-8-19(15-18)32-3)24(31)21-16-27-25(29-11-13-33-14-12-29)28-23(21)20-9-4-5-10-22(20)26;1-17(2)30(18-9-8-10-19(31)15-18)24(32)21-16-27-25(29-13-6-3-7-14-29)28-23(21)20-11-4-5-12-22(20)26;;;/h4-18,20,22H,19,21H2,1-3H3,(H,35,36,37);4-17,19H,18H2,1-3H3,(H,30,31,32);4-10,15-17H,11-14H2,1-3H3;4-5,8-12,15-17,31H,3,6-7,13-14H2,1-2H3;3*1H. The van der Waals surface area contributed by atoms with Crippen molar-refractivity contribution in [1.29, 1.82) is 0 Å². The van der Waals surface area contributed by atoms with E-state index in [1.165, 1.54) is 61.5 Å². The van der Waals surface area contributed by atoms with Gasteiger partial charge in [-0.3, -0.25) is 19.2 Å². The molecule has 2 fully saturated rings. The van der Waals surface area contributed by atoms with Crippen LogP contribution in [-0.2, 0) is 19.6 Å². The molecule has 139 heavy (non-hydrogen) atoms. The van der Waals surface area contributed by atoms with E-state index in [-0.39, 0.29) is 125 Å². The first-order valence-corrected chi connectivity index (χ1v) is 47.5. The largest absolute Gasteiger partial charge is 0.508 e. The van der Waals surface area contributed by atoms with Crippen molar-refractivity contribution < 1.29 is 55.6 Å². The van der Waals surface area contributed by atoms with Crippen molar-refractivity contribution in [3.05, 3.63) is 359 Å². The number of fused-ring (bicyclic) bond motifs is 1. The zero-order chi connectivity index (χ0) is 98.2. The first kappa shape index (κ1) is 99.5. The van der Waals surface area contributed by atoms with Gasteiger partial charge in [0.2, 0.25) is 23.8 Å². The molecule has 0 spiro atoms. The predicted molar refractivity (Wildman–Crippen MR) is 552 cm³/mol. The number of anilines is 7. The number of nitrogens with zero attached hydrogens (tertiary/aromatic N) is 14. The number of methoxy groups -OCH3 is 2. The van der Waals surface area contributed by atoms with Crippen molar-refractivity contribution in [2.45, 2.75) is 125 Å². The van der Waals surface area contributed by atoms with Gasteiger partial charge in [-0.15, -0.1) is 0 Å². The number of hydrogen-bond acceptors (Lipinski definition) is 20. The highest BCUT2D eigenvalue weighted by Crippen LogP contribution is 2.37. The van der Waals surface area contributed by atoms with Crippen LogP contribution in [0.1, 0.15) is 143 Å². The summed E-state index contributed by atoms with van der Waals surface area (Å²) < 4.78 is 70.2. The Balaban J connectivity index is 0.000000180. The Morgan fingerprint density at radius 3 is 1.33 bits per heavy atom. The molecular weight excluding hydrogens is 1780 g/mol. The summed E-state index contributed by atoms with van der Waals surface area (Å²) in [4.78, 5) is 103. The number of aryl methyl sites for hydroxylation is 1. The van der Waals surface area contributed by atoms with Crippen LogP contribution in [0.3, 0.4) is 0 Å². The van der Waals surface area contributed by atoms with Crippen LogP contribution in [-0.4, -0.2) is 154 Å². The lowest BCUT2D eigenvalue weighted by molar-refractivity contribution is 0.0682. The fraction of sp³-hybridized carbons (Fsp3) is 0.243. The van der Waals surface area contributed by atoms with Gasteiger partial charge < -0.3 is 54.6 Å². The number of aromatic hydroxyl groups is 1. The summed E-state index contributed by atoms with van der Waals surface area (Å²) >= 11 is 1.88. The summed E-state index contributed by atoms with van der Waals surface area (Å²) in [6, 6.07) is 78.1. The normalized spacial score (nSPS) is 12.3. The highest BCUT2D eigenvalue weighted by Gasteiger charge is 2.33. The molecule has 28 heteroatoms. The van der Waals surface area contributed by atoms with Crippen LogP contribution in [0.5, 0.6) is 17.2 Å². The smallest absolute Gasteiger partial charge is 0.262 e. The van der Waals surface area contributed by atoms with E-state index in [9.17, 15) is 37.5 Å². The van der Waals surface area contributed by atoms with Crippen LogP contribution in [0.25, 0.3) is 55.8 Å². The molecule has 0 radical (unpaired) electrons. The highest BCUT2D eigenvalue weighted by atomic mass is 32.2. The van der Waals surface area contributed by atoms with Gasteiger partial charge in [-0.2, -0.15) is 11.8 Å². The highest BCUT2D eigenvalue weighted by molar-refractivity contribution is 7.99. The molecule has 0 unspecified atom stereocenters. The number of carbonyl (C=O) groups excluding carboxylic acids is 4. The Bertz CT molecular complexity index is 6790. The Kier molecular flexibility index (Phi) is 33.9. The molecule has 11 aromatic carbocycles. The zero-order valence-electron chi connectivity index (χ0n) is 79.6. The molecule has 4 aromatic heterocycles. The maximum atomic E-state index is 15.0. The second-order valence-electron chi connectivity index (χ2n) is 34.5. The van der Waals surface area contributed by atoms with Crippen molar-refractivity contribution in [2.75, 3.05) is 82.1 Å². The van der Waals surface area contributed by atoms with E-state index in [2.05, 4.69) is 73.5 Å². The maximum Gasteiger partial charge on any atom is 0.262 e. The number of rotatable bonds is 27. The maximum absolute atomic E-state index is 15.0. The second-order valence-corrected chi connectivity index (χ2v) is 35.7. The average molecular weight is 1900 g/mol. The molecule has 2 aliphatic heterocycles. The molecule has 0 atom stereocenters. The number of thioether (sulfide) groups is 1. The van der Waals surface area contributed by atoms with E-state index in [1.807, 2.05) is 195 Å². The van der Waals surface area contributed by atoms with E-state index in [0.717, 1.165) is 89.2 Å². The predicted octanol–water partition coefficient (Wildman–Crippen LogP) is 24.2. The first-order valence-electron chi connectivity index (χ1n) is 46.3. The number of ether oxygens (including phenoxy) is 2. The number of amides is 4. The lowest BCUT2D eigenvalue weighted by atomic mass is 10.0. The van der Waals surface area contributed by atoms with Gasteiger partial charge in [0.15, 0.2) is 0 Å². The van der Waals surface area contributed by atoms with Crippen molar-refractivity contribution in [3.63, 3.8) is 0 Å². The van der Waals surface area contributed by atoms with Gasteiger partial charge in [0.25, 0.3) is 23.6 Å². The summed E-state index contributed by atoms with van der Waals surface area (Å²) in [6.07, 6.45) is 9.27. The topological polar surface area (TPSA) is 254 Å². The molecule has 2 saturated heterocycles. The van der Waals surface area contributed by atoms with Gasteiger partial charge in [-0.1, -0.05) is 163 Å². The molecule has 4 amide bonds. The zero-order valence-corrected chi connectivity index (χ0v) is 80.4. The van der Waals surface area contributed by atoms with Crippen LogP contribution in [0.4, 0.5) is 58.4 Å². The molecular formula is C111H118F4N16O7S. The molecule has 718 valence electrons. The van der Waals surface area contributed by atoms with Crippen LogP contribution < -0.4 is 39.7 Å². The van der Waals surface area contributed by atoms with Gasteiger partial charge in [0, 0.05) is 162 Å². The number of hydrogen-bond donors (Lipinski definition) is 3. The third kappa shape index (κ3) is 25.1. The van der Waals surface area contributed by atoms with Gasteiger partial charge in [-0.25, -0.2) is 57.4 Å². The Labute approximate surface area is 816 Å². The van der Waals surface area contributed by atoms with E-state index in [0.29, 0.717) is 66.0 Å². The number of phenols is 1. The van der Waals surface area contributed by atoms with E-state index in [1.54, 1.807) is 131 Å². The lowest BCUT2D eigenvalue weighted by Crippen LogP contribution is -2.38. The van der Waals surface area contributed by atoms with E-state index >= 15 is 4.39 Å². The fourth-order valence-electron chi connectivity index (χ4n) is 16.3. The van der Waals surface area contributed by atoms with Gasteiger partial charge in [-0.05, 0) is 206 Å². The first-order chi connectivity index (χ1) is 67.3. The molecule has 0 bridgehead atoms. The number of benzene rings is 11. The Hall–Kier alpha value is -15.5. The van der Waals surface area contributed by atoms with Gasteiger partial charge >= 0.3 is 0 Å². The lowest BCUT2D eigenvalue weighted by Gasteiger charge is -2.29. The summed E-state index contributed by atoms with van der Waals surface area (Å²) in [5.74, 6) is 2.05. The van der Waals surface area contributed by atoms with E-state index in [4.69, 9.17) is 14.5 Å². The minimum atomic E-state index is -0.459. The Morgan fingerprint density at radius 1 is 0.417 bits per heavy atom. The quantitative estimate of drug-likeness (QED) is 0.0404. The monoisotopic (exact) mass is 1890 g/mol. The number of piperidine rings is 1. The molecule has 0 aliphatic carbocycles. The summed E-state index contributed by atoms with van der Waals surface area (Å²) in [6.45, 7) is 22.0. The summed E-state index contributed by atoms with van der Waals surface area (Å²) in [5.41, 5.74) is 9.25. The SMILES string of the molecule is CC(C)N(C(=O)c1cnc(N2CCCCC2)nc1-c1ccccc1F)c1cccc(O)c1.COc1cccc(CN(C(=O)c2cnc(NCc3cccc4ccccc34)nc2-c2ccccc2F)C(C)C)c1.COc1cccc(N(C(=O)c2cnc(N3CCSCC3)nc2-c2ccccc2F)C(C)C)c1.Cc1ccc(Nc2ncc(C(=O)N(Cc3ccccc3)C(C)C)c(-c3ccccc3F)n2)cc1.[HH].[HH].[HH]. The molecule has 3 N–H and O–H groups in total. The molecule has 6 heterocycles. The third-order valence-corrected chi connectivity index (χ3v) is 24.4. The van der Waals surface area contributed by atoms with Crippen LogP contribution in [0, 0.1) is 30.2 Å². The second kappa shape index (κ2) is 47.3.